The largest absolute Gasteiger partial charge is 0.369 e. The topological polar surface area (TPSA) is 58.1 Å². The Kier molecular flexibility index (Phi) is 4.12. The van der Waals surface area contributed by atoms with E-state index in [0.717, 1.165) is 24.4 Å². The second-order valence-electron chi connectivity index (χ2n) is 4.82. The van der Waals surface area contributed by atoms with Crippen molar-refractivity contribution in [3.8, 4) is 0 Å². The van der Waals surface area contributed by atoms with Crippen molar-refractivity contribution in [2.45, 2.75) is 32.1 Å². The zero-order valence-corrected chi connectivity index (χ0v) is 11.1. The maximum Gasteiger partial charge on any atom is 0.223 e. The van der Waals surface area contributed by atoms with Gasteiger partial charge in [0, 0.05) is 38.3 Å². The molecule has 1 amide bonds. The number of amides is 1. The van der Waals surface area contributed by atoms with Crippen LogP contribution in [0.15, 0.2) is 6.33 Å². The first-order valence-electron chi connectivity index (χ1n) is 6.45. The Labute approximate surface area is 108 Å². The molecule has 0 fully saturated rings. The Balaban J connectivity index is 1.95. The fourth-order valence-corrected chi connectivity index (χ4v) is 2.18. The van der Waals surface area contributed by atoms with Crippen molar-refractivity contribution in [1.29, 1.82) is 0 Å². The van der Waals surface area contributed by atoms with E-state index in [-0.39, 0.29) is 5.91 Å². The lowest BCUT2D eigenvalue weighted by atomic mass is 9.96. The van der Waals surface area contributed by atoms with Crippen LogP contribution in [-0.4, -0.2) is 41.4 Å². The van der Waals surface area contributed by atoms with Crippen LogP contribution in [0.5, 0.6) is 0 Å². The third-order valence-electron chi connectivity index (χ3n) is 3.26. The maximum absolute atomic E-state index is 11.5. The summed E-state index contributed by atoms with van der Waals surface area (Å²) < 4.78 is 0. The van der Waals surface area contributed by atoms with Crippen molar-refractivity contribution in [2.24, 2.45) is 0 Å². The molecule has 2 rings (SSSR count). The third-order valence-corrected chi connectivity index (χ3v) is 3.26. The minimum absolute atomic E-state index is 0.130. The lowest BCUT2D eigenvalue weighted by Gasteiger charge is -2.18. The van der Waals surface area contributed by atoms with Crippen LogP contribution in [0.25, 0.3) is 0 Å². The highest BCUT2D eigenvalue weighted by molar-refractivity contribution is 5.76. The van der Waals surface area contributed by atoms with Gasteiger partial charge in [-0.1, -0.05) is 0 Å². The van der Waals surface area contributed by atoms with Crippen LogP contribution in [0.4, 0.5) is 5.82 Å². The van der Waals surface area contributed by atoms with Gasteiger partial charge in [0.15, 0.2) is 0 Å². The Morgan fingerprint density at radius 2 is 2.11 bits per heavy atom. The molecule has 1 aromatic rings. The first kappa shape index (κ1) is 12.8. The van der Waals surface area contributed by atoms with Gasteiger partial charge in [0.1, 0.15) is 12.1 Å². The van der Waals surface area contributed by atoms with Crippen molar-refractivity contribution in [3.63, 3.8) is 0 Å². The molecule has 0 unspecified atom stereocenters. The molecule has 0 spiro atoms. The van der Waals surface area contributed by atoms with Gasteiger partial charge in [-0.05, 0) is 25.7 Å². The second kappa shape index (κ2) is 5.80. The maximum atomic E-state index is 11.5. The number of carbonyl (C=O) groups excluding carboxylic acids is 1. The van der Waals surface area contributed by atoms with Crippen LogP contribution in [0, 0.1) is 0 Å². The summed E-state index contributed by atoms with van der Waals surface area (Å²) in [6.45, 7) is 0.625. The predicted molar refractivity (Wildman–Crippen MR) is 70.5 cm³/mol. The van der Waals surface area contributed by atoms with Crippen molar-refractivity contribution in [3.05, 3.63) is 17.6 Å². The fraction of sp³-hybridized carbons (Fsp3) is 0.615. The standard InChI is InChI=1S/C13H20N4O/c1-17(2)12(18)7-8-14-13-10-5-3-4-6-11(10)15-9-16-13/h9H,3-8H2,1-2H3,(H,14,15,16). The van der Waals surface area contributed by atoms with E-state index in [4.69, 9.17) is 0 Å². The summed E-state index contributed by atoms with van der Waals surface area (Å²) in [4.78, 5) is 21.7. The number of nitrogens with zero attached hydrogens (tertiary/aromatic N) is 3. The Bertz CT molecular complexity index is 431. The van der Waals surface area contributed by atoms with E-state index in [0.29, 0.717) is 13.0 Å². The van der Waals surface area contributed by atoms with Gasteiger partial charge in [0.2, 0.25) is 5.91 Å². The van der Waals surface area contributed by atoms with E-state index in [9.17, 15) is 4.79 Å². The lowest BCUT2D eigenvalue weighted by Crippen LogP contribution is -2.24. The number of rotatable bonds is 4. The Hall–Kier alpha value is -1.65. The quantitative estimate of drug-likeness (QED) is 0.871. The summed E-state index contributed by atoms with van der Waals surface area (Å²) >= 11 is 0. The molecule has 98 valence electrons. The number of hydrogen-bond donors (Lipinski definition) is 1. The molecule has 0 radical (unpaired) electrons. The van der Waals surface area contributed by atoms with E-state index in [1.165, 1.54) is 18.4 Å². The van der Waals surface area contributed by atoms with Gasteiger partial charge in [-0.3, -0.25) is 4.79 Å². The SMILES string of the molecule is CN(C)C(=O)CCNc1ncnc2c1CCCC2. The highest BCUT2D eigenvalue weighted by Gasteiger charge is 2.15. The first-order chi connectivity index (χ1) is 8.68. The van der Waals surface area contributed by atoms with Crippen LogP contribution in [-0.2, 0) is 17.6 Å². The summed E-state index contributed by atoms with van der Waals surface area (Å²) in [7, 11) is 3.55. The molecule has 1 heterocycles. The molecule has 0 atom stereocenters. The zero-order chi connectivity index (χ0) is 13.0. The number of aryl methyl sites for hydroxylation is 1. The summed E-state index contributed by atoms with van der Waals surface area (Å²) in [5.74, 6) is 1.04. The highest BCUT2D eigenvalue weighted by Crippen LogP contribution is 2.24. The number of carbonyl (C=O) groups is 1. The summed E-state index contributed by atoms with van der Waals surface area (Å²) in [5, 5.41) is 3.26. The van der Waals surface area contributed by atoms with Crippen LogP contribution >= 0.6 is 0 Å². The van der Waals surface area contributed by atoms with Crippen molar-refractivity contribution < 1.29 is 4.79 Å². The number of nitrogens with one attached hydrogen (secondary N) is 1. The smallest absolute Gasteiger partial charge is 0.223 e. The Morgan fingerprint density at radius 1 is 1.33 bits per heavy atom. The molecule has 1 aliphatic carbocycles. The summed E-state index contributed by atoms with van der Waals surface area (Å²) in [6.07, 6.45) is 6.60. The highest BCUT2D eigenvalue weighted by atomic mass is 16.2. The van der Waals surface area contributed by atoms with Gasteiger partial charge in [-0.15, -0.1) is 0 Å². The molecule has 5 heteroatoms. The monoisotopic (exact) mass is 248 g/mol. The number of fused-ring (bicyclic) bond motifs is 1. The number of aromatic nitrogens is 2. The van der Waals surface area contributed by atoms with E-state index < -0.39 is 0 Å². The molecule has 0 saturated heterocycles. The van der Waals surface area contributed by atoms with E-state index >= 15 is 0 Å². The first-order valence-corrected chi connectivity index (χ1v) is 6.45. The van der Waals surface area contributed by atoms with Gasteiger partial charge >= 0.3 is 0 Å². The van der Waals surface area contributed by atoms with Crippen molar-refractivity contribution in [1.82, 2.24) is 14.9 Å². The molecular formula is C13H20N4O. The van der Waals surface area contributed by atoms with Gasteiger partial charge in [-0.2, -0.15) is 0 Å². The van der Waals surface area contributed by atoms with Gasteiger partial charge in [0.05, 0.1) is 0 Å². The predicted octanol–water partition coefficient (Wildman–Crippen LogP) is 1.25. The number of anilines is 1. The van der Waals surface area contributed by atoms with E-state index in [2.05, 4.69) is 15.3 Å². The zero-order valence-electron chi connectivity index (χ0n) is 11.1. The minimum Gasteiger partial charge on any atom is -0.369 e. The van der Waals surface area contributed by atoms with Gasteiger partial charge in [-0.25, -0.2) is 9.97 Å². The molecule has 5 nitrogen and oxygen atoms in total. The minimum atomic E-state index is 0.130. The van der Waals surface area contributed by atoms with Crippen LogP contribution in [0.1, 0.15) is 30.5 Å². The molecule has 0 saturated carbocycles. The lowest BCUT2D eigenvalue weighted by molar-refractivity contribution is -0.128. The van der Waals surface area contributed by atoms with Gasteiger partial charge < -0.3 is 10.2 Å². The normalized spacial score (nSPS) is 13.9. The molecule has 0 aromatic carbocycles. The third kappa shape index (κ3) is 2.97. The average Bonchev–Trinajstić information content (AvgIpc) is 2.38. The number of hydrogen-bond acceptors (Lipinski definition) is 4. The molecular weight excluding hydrogens is 228 g/mol. The molecule has 1 aromatic heterocycles. The average molecular weight is 248 g/mol. The molecule has 1 aliphatic rings. The Morgan fingerprint density at radius 3 is 2.89 bits per heavy atom. The fourth-order valence-electron chi connectivity index (χ4n) is 2.18. The van der Waals surface area contributed by atoms with Crippen molar-refractivity contribution in [2.75, 3.05) is 26.0 Å². The van der Waals surface area contributed by atoms with Crippen LogP contribution < -0.4 is 5.32 Å². The van der Waals surface area contributed by atoms with Crippen molar-refractivity contribution >= 4 is 11.7 Å². The molecule has 18 heavy (non-hydrogen) atoms. The van der Waals surface area contributed by atoms with Crippen LogP contribution in [0.2, 0.25) is 0 Å². The van der Waals surface area contributed by atoms with E-state index in [1.807, 2.05) is 0 Å². The second-order valence-corrected chi connectivity index (χ2v) is 4.82. The van der Waals surface area contributed by atoms with Crippen LogP contribution in [0.3, 0.4) is 0 Å². The summed E-state index contributed by atoms with van der Waals surface area (Å²) in [6, 6.07) is 0. The molecule has 1 N–H and O–H groups in total. The molecule has 0 bridgehead atoms. The van der Waals surface area contributed by atoms with Gasteiger partial charge in [0.25, 0.3) is 0 Å². The molecule has 0 aliphatic heterocycles. The summed E-state index contributed by atoms with van der Waals surface area (Å²) in [5.41, 5.74) is 2.40. The van der Waals surface area contributed by atoms with E-state index in [1.54, 1.807) is 25.3 Å².